The Hall–Kier alpha value is -1.86. The molecule has 0 fully saturated rings. The van der Waals surface area contributed by atoms with E-state index >= 15 is 0 Å². The van der Waals surface area contributed by atoms with Gasteiger partial charge in [0.2, 0.25) is 0 Å². The molecule has 2 heterocycles. The van der Waals surface area contributed by atoms with Gasteiger partial charge in [0.05, 0.1) is 11.3 Å². The summed E-state index contributed by atoms with van der Waals surface area (Å²) in [7, 11) is -3.73. The predicted octanol–water partition coefficient (Wildman–Crippen LogP) is 3.71. The van der Waals surface area contributed by atoms with Crippen molar-refractivity contribution >= 4 is 33.0 Å². The molecule has 5 nitrogen and oxygen atoms in total. The van der Waals surface area contributed by atoms with Gasteiger partial charge in [-0.1, -0.05) is 26.0 Å². The van der Waals surface area contributed by atoms with Crippen LogP contribution in [0.1, 0.15) is 47.7 Å². The molecule has 0 unspecified atom stereocenters. The Morgan fingerprint density at radius 3 is 2.67 bits per heavy atom. The third-order valence-electron chi connectivity index (χ3n) is 4.21. The van der Waals surface area contributed by atoms with Crippen LogP contribution >= 0.6 is 11.3 Å². The molecule has 0 amide bonds. The van der Waals surface area contributed by atoms with Gasteiger partial charge in [0, 0.05) is 11.9 Å². The Bertz CT molecular complexity index is 884. The average molecular weight is 365 g/mol. The average Bonchev–Trinajstić information content (AvgIpc) is 3.04. The molecule has 0 radical (unpaired) electrons. The van der Waals surface area contributed by atoms with E-state index in [0.29, 0.717) is 18.2 Å². The van der Waals surface area contributed by atoms with Crippen molar-refractivity contribution in [2.45, 2.75) is 36.8 Å². The Balaban J connectivity index is 2.02. The zero-order valence-corrected chi connectivity index (χ0v) is 15.2. The summed E-state index contributed by atoms with van der Waals surface area (Å²) < 4.78 is 27.4. The first kappa shape index (κ1) is 17.0. The number of nitrogens with zero attached hydrogens (tertiary/aromatic N) is 1. The van der Waals surface area contributed by atoms with Gasteiger partial charge < -0.3 is 5.11 Å². The van der Waals surface area contributed by atoms with Crippen molar-refractivity contribution < 1.29 is 18.3 Å². The highest BCUT2D eigenvalue weighted by Gasteiger charge is 2.31. The molecule has 0 saturated heterocycles. The fourth-order valence-electron chi connectivity index (χ4n) is 2.86. The highest BCUT2D eigenvalue weighted by atomic mass is 32.2. The number of aryl methyl sites for hydroxylation is 1. The summed E-state index contributed by atoms with van der Waals surface area (Å²) in [6, 6.07) is 7.15. The van der Waals surface area contributed by atoms with E-state index in [1.165, 1.54) is 21.3 Å². The summed E-state index contributed by atoms with van der Waals surface area (Å²) in [6.45, 7) is 4.63. The SMILES string of the molecule is CC(C)c1ccc2c(c1)CCCN2S(=O)(=O)c1cc(C(=O)O)cs1. The van der Waals surface area contributed by atoms with Crippen LogP contribution in [-0.2, 0) is 16.4 Å². The van der Waals surface area contributed by atoms with E-state index < -0.39 is 16.0 Å². The number of fused-ring (bicyclic) bond motifs is 1. The monoisotopic (exact) mass is 365 g/mol. The Labute approximate surface area is 145 Å². The molecular weight excluding hydrogens is 346 g/mol. The molecule has 1 aliphatic heterocycles. The zero-order chi connectivity index (χ0) is 17.5. The van der Waals surface area contributed by atoms with E-state index in [1.807, 2.05) is 12.1 Å². The van der Waals surface area contributed by atoms with Crippen molar-refractivity contribution in [2.24, 2.45) is 0 Å². The molecule has 3 rings (SSSR count). The summed E-state index contributed by atoms with van der Waals surface area (Å²) in [4.78, 5) is 11.0. The Morgan fingerprint density at radius 2 is 2.04 bits per heavy atom. The maximum absolute atomic E-state index is 12.9. The highest BCUT2D eigenvalue weighted by molar-refractivity contribution is 7.94. The van der Waals surface area contributed by atoms with Gasteiger partial charge >= 0.3 is 5.97 Å². The van der Waals surface area contributed by atoms with E-state index in [9.17, 15) is 13.2 Å². The molecule has 1 aliphatic rings. The first-order chi connectivity index (χ1) is 11.3. The van der Waals surface area contributed by atoms with Crippen LogP contribution in [0, 0.1) is 0 Å². The second-order valence-electron chi connectivity index (χ2n) is 6.18. The third kappa shape index (κ3) is 2.93. The molecule has 0 spiro atoms. The lowest BCUT2D eigenvalue weighted by Gasteiger charge is -2.30. The summed E-state index contributed by atoms with van der Waals surface area (Å²) in [5.41, 5.74) is 2.94. The number of thiophene rings is 1. The van der Waals surface area contributed by atoms with Gasteiger partial charge in [-0.2, -0.15) is 0 Å². The fourth-order valence-corrected chi connectivity index (χ4v) is 5.67. The van der Waals surface area contributed by atoms with E-state index in [2.05, 4.69) is 19.9 Å². The second kappa shape index (κ2) is 6.22. The summed E-state index contributed by atoms with van der Waals surface area (Å²) >= 11 is 0.951. The number of carbonyl (C=O) groups is 1. The van der Waals surface area contributed by atoms with Crippen molar-refractivity contribution in [1.82, 2.24) is 0 Å². The summed E-state index contributed by atoms with van der Waals surface area (Å²) in [5, 5.41) is 10.4. The van der Waals surface area contributed by atoms with Crippen LogP contribution in [-0.4, -0.2) is 26.0 Å². The highest BCUT2D eigenvalue weighted by Crippen LogP contribution is 2.35. The van der Waals surface area contributed by atoms with Crippen LogP contribution in [0.25, 0.3) is 0 Å². The first-order valence-electron chi connectivity index (χ1n) is 7.78. The topological polar surface area (TPSA) is 74.7 Å². The zero-order valence-electron chi connectivity index (χ0n) is 13.5. The number of hydrogen-bond donors (Lipinski definition) is 1. The van der Waals surface area contributed by atoms with Crippen LogP contribution in [0.5, 0.6) is 0 Å². The van der Waals surface area contributed by atoms with Gasteiger partial charge in [0.15, 0.2) is 0 Å². The lowest BCUT2D eigenvalue weighted by atomic mass is 9.96. The number of carboxylic acids is 1. The number of rotatable bonds is 4. The van der Waals surface area contributed by atoms with Crippen LogP contribution in [0.4, 0.5) is 5.69 Å². The van der Waals surface area contributed by atoms with Gasteiger partial charge in [-0.3, -0.25) is 4.31 Å². The van der Waals surface area contributed by atoms with Crippen molar-refractivity contribution in [3.63, 3.8) is 0 Å². The third-order valence-corrected chi connectivity index (χ3v) is 7.44. The Morgan fingerprint density at radius 1 is 1.29 bits per heavy atom. The fraction of sp³-hybridized carbons (Fsp3) is 0.353. The molecule has 0 bridgehead atoms. The summed E-state index contributed by atoms with van der Waals surface area (Å²) in [6.07, 6.45) is 1.61. The van der Waals surface area contributed by atoms with Crippen molar-refractivity contribution in [3.8, 4) is 0 Å². The number of anilines is 1. The molecule has 2 aromatic rings. The van der Waals surface area contributed by atoms with Gasteiger partial charge in [-0.15, -0.1) is 11.3 Å². The van der Waals surface area contributed by atoms with E-state index in [-0.39, 0.29) is 9.77 Å². The van der Waals surface area contributed by atoms with Gasteiger partial charge in [-0.05, 0) is 42.0 Å². The number of hydrogen-bond acceptors (Lipinski definition) is 4. The smallest absolute Gasteiger partial charge is 0.336 e. The first-order valence-corrected chi connectivity index (χ1v) is 10.1. The molecule has 1 aromatic heterocycles. The van der Waals surface area contributed by atoms with E-state index in [1.54, 1.807) is 0 Å². The van der Waals surface area contributed by atoms with Gasteiger partial charge in [0.25, 0.3) is 10.0 Å². The molecule has 0 saturated carbocycles. The number of benzene rings is 1. The predicted molar refractivity (Wildman–Crippen MR) is 94.7 cm³/mol. The number of carboxylic acid groups (broad SMARTS) is 1. The quantitative estimate of drug-likeness (QED) is 0.896. The maximum atomic E-state index is 12.9. The Kier molecular flexibility index (Phi) is 4.40. The molecule has 1 aromatic carbocycles. The van der Waals surface area contributed by atoms with Crippen LogP contribution in [0.3, 0.4) is 0 Å². The molecule has 128 valence electrons. The second-order valence-corrected chi connectivity index (χ2v) is 9.18. The standard InChI is InChI=1S/C17H19NO4S2/c1-11(2)12-5-6-15-13(8-12)4-3-7-18(15)24(21,22)16-9-14(10-23-16)17(19)20/h5-6,8-11H,3-4,7H2,1-2H3,(H,19,20). The van der Waals surface area contributed by atoms with Crippen LogP contribution in [0.2, 0.25) is 0 Å². The van der Waals surface area contributed by atoms with Crippen molar-refractivity contribution in [3.05, 3.63) is 46.3 Å². The van der Waals surface area contributed by atoms with Crippen molar-refractivity contribution in [2.75, 3.05) is 10.8 Å². The lowest BCUT2D eigenvalue weighted by molar-refractivity contribution is 0.0697. The molecule has 0 aliphatic carbocycles. The summed E-state index contributed by atoms with van der Waals surface area (Å²) in [5.74, 6) is -0.731. The van der Waals surface area contributed by atoms with E-state index in [4.69, 9.17) is 5.11 Å². The van der Waals surface area contributed by atoms with Crippen LogP contribution in [0.15, 0.2) is 33.9 Å². The molecule has 0 atom stereocenters. The molecular formula is C17H19NO4S2. The maximum Gasteiger partial charge on any atom is 0.336 e. The molecule has 24 heavy (non-hydrogen) atoms. The van der Waals surface area contributed by atoms with E-state index in [0.717, 1.165) is 29.7 Å². The van der Waals surface area contributed by atoms with Gasteiger partial charge in [0.1, 0.15) is 4.21 Å². The number of aromatic carboxylic acids is 1. The minimum Gasteiger partial charge on any atom is -0.478 e. The minimum absolute atomic E-state index is 0.00552. The van der Waals surface area contributed by atoms with Gasteiger partial charge in [-0.25, -0.2) is 13.2 Å². The molecule has 7 heteroatoms. The number of sulfonamides is 1. The van der Waals surface area contributed by atoms with Crippen LogP contribution < -0.4 is 4.31 Å². The molecule has 1 N–H and O–H groups in total. The lowest BCUT2D eigenvalue weighted by Crippen LogP contribution is -2.35. The normalized spacial score (nSPS) is 14.7. The largest absolute Gasteiger partial charge is 0.478 e. The van der Waals surface area contributed by atoms with Crippen molar-refractivity contribution in [1.29, 1.82) is 0 Å². The minimum atomic E-state index is -3.73.